The van der Waals surface area contributed by atoms with Gasteiger partial charge in [-0.05, 0) is 68.4 Å². The fourth-order valence-corrected chi connectivity index (χ4v) is 3.31. The van der Waals surface area contributed by atoms with Crippen LogP contribution >= 0.6 is 0 Å². The Hall–Kier alpha value is -2.73. The zero-order valence-corrected chi connectivity index (χ0v) is 15.3. The van der Waals surface area contributed by atoms with Gasteiger partial charge in [-0.15, -0.1) is 0 Å². The lowest BCUT2D eigenvalue weighted by Crippen LogP contribution is -2.40. The minimum atomic E-state index is -0.384. The molecule has 27 heavy (non-hydrogen) atoms. The predicted octanol–water partition coefficient (Wildman–Crippen LogP) is 3.37. The monoisotopic (exact) mass is 370 g/mol. The van der Waals surface area contributed by atoms with Gasteiger partial charge in [0.15, 0.2) is 5.78 Å². The van der Waals surface area contributed by atoms with Crippen molar-refractivity contribution < 1.29 is 18.7 Å². The van der Waals surface area contributed by atoms with Gasteiger partial charge >= 0.3 is 0 Å². The number of methoxy groups -OCH3 is 1. The molecule has 2 aromatic carbocycles. The number of benzene rings is 2. The maximum absolute atomic E-state index is 13.2. The maximum atomic E-state index is 13.2. The van der Waals surface area contributed by atoms with Crippen molar-refractivity contribution in [2.24, 2.45) is 5.92 Å². The molecule has 0 radical (unpaired) electrons. The number of piperidine rings is 1. The third-order valence-corrected chi connectivity index (χ3v) is 4.81. The Morgan fingerprint density at radius 3 is 2.48 bits per heavy atom. The number of ether oxygens (including phenoxy) is 1. The third-order valence-electron chi connectivity index (χ3n) is 4.81. The Kier molecular flexibility index (Phi) is 6.19. The molecular weight excluding hydrogens is 347 g/mol. The highest BCUT2D eigenvalue weighted by Crippen LogP contribution is 2.23. The third kappa shape index (κ3) is 5.14. The number of rotatable bonds is 6. The van der Waals surface area contributed by atoms with Crippen molar-refractivity contribution in [2.75, 3.05) is 32.1 Å². The van der Waals surface area contributed by atoms with Crippen molar-refractivity contribution in [3.8, 4) is 5.75 Å². The number of hydrogen-bond acceptors (Lipinski definition) is 4. The van der Waals surface area contributed by atoms with Gasteiger partial charge in [0.1, 0.15) is 11.6 Å². The van der Waals surface area contributed by atoms with Crippen LogP contribution in [-0.2, 0) is 4.79 Å². The Morgan fingerprint density at radius 1 is 1.15 bits per heavy atom. The van der Waals surface area contributed by atoms with E-state index in [0.717, 1.165) is 18.6 Å². The summed E-state index contributed by atoms with van der Waals surface area (Å²) in [6, 6.07) is 13.0. The summed E-state index contributed by atoms with van der Waals surface area (Å²) in [5.74, 6) is 0.277. The standard InChI is InChI=1S/C21H23FN2O3/c1-27-19-7-5-15(6-8-19)21(26)16-9-11-24(12-10-16)14-20(25)23-18-4-2-3-17(22)13-18/h2-8,13,16H,9-12,14H2,1H3,(H,23,25). The maximum Gasteiger partial charge on any atom is 0.238 e. The van der Waals surface area contributed by atoms with Crippen LogP contribution in [0.1, 0.15) is 23.2 Å². The summed E-state index contributed by atoms with van der Waals surface area (Å²) in [6.45, 7) is 1.60. The molecule has 0 aromatic heterocycles. The van der Waals surface area contributed by atoms with E-state index in [0.29, 0.717) is 24.3 Å². The SMILES string of the molecule is COc1ccc(C(=O)C2CCN(CC(=O)Nc3cccc(F)c3)CC2)cc1. The first-order chi connectivity index (χ1) is 13.0. The number of amides is 1. The highest BCUT2D eigenvalue weighted by Gasteiger charge is 2.26. The molecule has 1 N–H and O–H groups in total. The first-order valence-electron chi connectivity index (χ1n) is 9.01. The van der Waals surface area contributed by atoms with Gasteiger partial charge in [-0.2, -0.15) is 0 Å². The van der Waals surface area contributed by atoms with Gasteiger partial charge in [0.05, 0.1) is 13.7 Å². The molecule has 1 heterocycles. The molecule has 5 nitrogen and oxygen atoms in total. The summed E-state index contributed by atoms with van der Waals surface area (Å²) in [7, 11) is 1.59. The number of ketones is 1. The van der Waals surface area contributed by atoms with Crippen molar-refractivity contribution in [1.29, 1.82) is 0 Å². The van der Waals surface area contributed by atoms with E-state index in [1.54, 1.807) is 43.5 Å². The van der Waals surface area contributed by atoms with Crippen LogP contribution in [0.2, 0.25) is 0 Å². The van der Waals surface area contributed by atoms with E-state index in [-0.39, 0.29) is 30.0 Å². The number of nitrogens with one attached hydrogen (secondary N) is 1. The Balaban J connectivity index is 1.48. The molecule has 0 aliphatic carbocycles. The molecule has 1 aliphatic heterocycles. The van der Waals surface area contributed by atoms with Crippen molar-refractivity contribution in [1.82, 2.24) is 4.90 Å². The van der Waals surface area contributed by atoms with Crippen LogP contribution in [0.4, 0.5) is 10.1 Å². The molecule has 3 rings (SSSR count). The van der Waals surface area contributed by atoms with Crippen molar-refractivity contribution >= 4 is 17.4 Å². The fraction of sp³-hybridized carbons (Fsp3) is 0.333. The van der Waals surface area contributed by atoms with Crippen LogP contribution < -0.4 is 10.1 Å². The summed E-state index contributed by atoms with van der Waals surface area (Å²) in [4.78, 5) is 26.8. The van der Waals surface area contributed by atoms with E-state index in [4.69, 9.17) is 4.74 Å². The molecule has 1 fully saturated rings. The highest BCUT2D eigenvalue weighted by molar-refractivity contribution is 5.98. The van der Waals surface area contributed by atoms with Crippen LogP contribution in [0.3, 0.4) is 0 Å². The number of anilines is 1. The Bertz CT molecular complexity index is 799. The number of carbonyl (C=O) groups excluding carboxylic acids is 2. The van der Waals surface area contributed by atoms with Gasteiger partial charge in [-0.25, -0.2) is 4.39 Å². The van der Waals surface area contributed by atoms with E-state index < -0.39 is 0 Å². The van der Waals surface area contributed by atoms with Crippen LogP contribution in [0.25, 0.3) is 0 Å². The lowest BCUT2D eigenvalue weighted by molar-refractivity contribution is -0.117. The zero-order chi connectivity index (χ0) is 19.2. The number of halogens is 1. The zero-order valence-electron chi connectivity index (χ0n) is 15.3. The number of Topliss-reactive ketones (excluding diaryl/α,β-unsaturated/α-hetero) is 1. The second-order valence-corrected chi connectivity index (χ2v) is 6.70. The van der Waals surface area contributed by atoms with E-state index in [9.17, 15) is 14.0 Å². The topological polar surface area (TPSA) is 58.6 Å². The molecule has 2 aromatic rings. The van der Waals surface area contributed by atoms with E-state index in [1.807, 2.05) is 4.90 Å². The van der Waals surface area contributed by atoms with Crippen molar-refractivity contribution in [3.05, 3.63) is 59.9 Å². The molecule has 0 bridgehead atoms. The summed E-state index contributed by atoms with van der Waals surface area (Å²) in [5.41, 5.74) is 1.14. The molecule has 0 spiro atoms. The smallest absolute Gasteiger partial charge is 0.238 e. The molecule has 6 heteroatoms. The van der Waals surface area contributed by atoms with E-state index >= 15 is 0 Å². The van der Waals surface area contributed by atoms with Crippen molar-refractivity contribution in [2.45, 2.75) is 12.8 Å². The van der Waals surface area contributed by atoms with Gasteiger partial charge in [-0.1, -0.05) is 6.07 Å². The second kappa shape index (κ2) is 8.77. The molecule has 0 atom stereocenters. The van der Waals surface area contributed by atoms with Gasteiger partial charge < -0.3 is 10.1 Å². The minimum Gasteiger partial charge on any atom is -0.497 e. The van der Waals surface area contributed by atoms with Gasteiger partial charge in [0, 0.05) is 17.2 Å². The van der Waals surface area contributed by atoms with Gasteiger partial charge in [0.25, 0.3) is 0 Å². The normalized spacial score (nSPS) is 15.3. The van der Waals surface area contributed by atoms with Crippen molar-refractivity contribution in [3.63, 3.8) is 0 Å². The summed E-state index contributed by atoms with van der Waals surface area (Å²) < 4.78 is 18.3. The highest BCUT2D eigenvalue weighted by atomic mass is 19.1. The summed E-state index contributed by atoms with van der Waals surface area (Å²) in [5, 5.41) is 2.70. The average molecular weight is 370 g/mol. The Morgan fingerprint density at radius 2 is 1.85 bits per heavy atom. The molecule has 142 valence electrons. The van der Waals surface area contributed by atoms with Gasteiger partial charge in [-0.3, -0.25) is 14.5 Å². The molecule has 1 aliphatic rings. The minimum absolute atomic E-state index is 0.0269. The quantitative estimate of drug-likeness (QED) is 0.792. The van der Waals surface area contributed by atoms with E-state index in [2.05, 4.69) is 5.32 Å². The number of hydrogen-bond donors (Lipinski definition) is 1. The molecule has 0 unspecified atom stereocenters. The van der Waals surface area contributed by atoms with Crippen LogP contribution in [0.5, 0.6) is 5.75 Å². The number of carbonyl (C=O) groups is 2. The second-order valence-electron chi connectivity index (χ2n) is 6.70. The summed E-state index contributed by atoms with van der Waals surface area (Å²) in [6.07, 6.45) is 1.44. The number of nitrogens with zero attached hydrogens (tertiary/aromatic N) is 1. The van der Waals surface area contributed by atoms with Gasteiger partial charge in [0.2, 0.25) is 5.91 Å². The predicted molar refractivity (Wildman–Crippen MR) is 102 cm³/mol. The average Bonchev–Trinajstić information content (AvgIpc) is 2.68. The Labute approximate surface area is 158 Å². The molecular formula is C21H23FN2O3. The first-order valence-corrected chi connectivity index (χ1v) is 9.01. The molecule has 0 saturated carbocycles. The van der Waals surface area contributed by atoms with E-state index in [1.165, 1.54) is 12.1 Å². The summed E-state index contributed by atoms with van der Waals surface area (Å²) >= 11 is 0. The van der Waals surface area contributed by atoms with Crippen LogP contribution in [0, 0.1) is 11.7 Å². The largest absolute Gasteiger partial charge is 0.497 e. The number of likely N-dealkylation sites (tertiary alicyclic amines) is 1. The van der Waals surface area contributed by atoms with Crippen LogP contribution in [-0.4, -0.2) is 43.3 Å². The fourth-order valence-electron chi connectivity index (χ4n) is 3.31. The van der Waals surface area contributed by atoms with Crippen LogP contribution in [0.15, 0.2) is 48.5 Å². The molecule has 1 amide bonds. The first kappa shape index (κ1) is 19.0. The lowest BCUT2D eigenvalue weighted by atomic mass is 9.89. The molecule has 1 saturated heterocycles. The lowest BCUT2D eigenvalue weighted by Gasteiger charge is -2.30.